The number of rotatable bonds is 5. The highest BCUT2D eigenvalue weighted by molar-refractivity contribution is 7.09. The number of fused-ring (bicyclic) bond motifs is 1. The van der Waals surface area contributed by atoms with Crippen LogP contribution in [-0.2, 0) is 11.2 Å². The molecule has 118 valence electrons. The third kappa shape index (κ3) is 3.29. The summed E-state index contributed by atoms with van der Waals surface area (Å²) in [6, 6.07) is 6.49. The van der Waals surface area contributed by atoms with Gasteiger partial charge in [-0.1, -0.05) is 12.1 Å². The van der Waals surface area contributed by atoms with Crippen LogP contribution >= 0.6 is 11.3 Å². The molecule has 6 nitrogen and oxygen atoms in total. The third-order valence-corrected chi connectivity index (χ3v) is 4.45. The van der Waals surface area contributed by atoms with Gasteiger partial charge in [-0.3, -0.25) is 14.2 Å². The van der Waals surface area contributed by atoms with Gasteiger partial charge in [-0.2, -0.15) is 0 Å². The smallest absolute Gasteiger partial charge is 0.261 e. The molecule has 0 aliphatic rings. The zero-order valence-electron chi connectivity index (χ0n) is 12.6. The lowest BCUT2D eigenvalue weighted by atomic mass is 10.2. The first kappa shape index (κ1) is 15.4. The maximum atomic E-state index is 12.5. The van der Waals surface area contributed by atoms with E-state index in [2.05, 4.69) is 15.3 Å². The van der Waals surface area contributed by atoms with E-state index in [1.807, 2.05) is 11.4 Å². The largest absolute Gasteiger partial charge is 0.354 e. The minimum absolute atomic E-state index is 0.208. The van der Waals surface area contributed by atoms with Crippen molar-refractivity contribution < 1.29 is 4.79 Å². The Morgan fingerprint density at radius 3 is 2.96 bits per heavy atom. The van der Waals surface area contributed by atoms with Gasteiger partial charge in [-0.25, -0.2) is 9.97 Å². The SMILES string of the molecule is CC(C(=O)NCCc1nccs1)n1cnc2ccccc2c1=O. The van der Waals surface area contributed by atoms with E-state index in [1.165, 1.54) is 10.9 Å². The summed E-state index contributed by atoms with van der Waals surface area (Å²) in [5, 5.41) is 6.22. The maximum Gasteiger partial charge on any atom is 0.261 e. The first-order valence-electron chi connectivity index (χ1n) is 7.29. The van der Waals surface area contributed by atoms with Crippen LogP contribution in [0.5, 0.6) is 0 Å². The van der Waals surface area contributed by atoms with Crippen molar-refractivity contribution in [3.63, 3.8) is 0 Å². The van der Waals surface area contributed by atoms with Crippen molar-refractivity contribution in [1.29, 1.82) is 0 Å². The van der Waals surface area contributed by atoms with E-state index in [9.17, 15) is 9.59 Å². The van der Waals surface area contributed by atoms with Crippen molar-refractivity contribution in [2.45, 2.75) is 19.4 Å². The van der Waals surface area contributed by atoms with E-state index in [4.69, 9.17) is 0 Å². The molecule has 0 aliphatic heterocycles. The van der Waals surface area contributed by atoms with Gasteiger partial charge in [-0.15, -0.1) is 11.3 Å². The van der Waals surface area contributed by atoms with Gasteiger partial charge in [0.2, 0.25) is 5.91 Å². The summed E-state index contributed by atoms with van der Waals surface area (Å²) >= 11 is 1.56. The van der Waals surface area contributed by atoms with Crippen LogP contribution in [0.2, 0.25) is 0 Å². The van der Waals surface area contributed by atoms with Crippen LogP contribution < -0.4 is 10.9 Å². The normalized spacial score (nSPS) is 12.2. The van der Waals surface area contributed by atoms with E-state index in [0.29, 0.717) is 23.9 Å². The number of benzene rings is 1. The number of amides is 1. The third-order valence-electron chi connectivity index (χ3n) is 3.61. The van der Waals surface area contributed by atoms with Gasteiger partial charge < -0.3 is 5.32 Å². The minimum Gasteiger partial charge on any atom is -0.354 e. The van der Waals surface area contributed by atoms with Crippen molar-refractivity contribution in [3.05, 3.63) is 57.5 Å². The van der Waals surface area contributed by atoms with Gasteiger partial charge in [0, 0.05) is 24.5 Å². The van der Waals surface area contributed by atoms with Crippen LogP contribution in [0.15, 0.2) is 47.0 Å². The van der Waals surface area contributed by atoms with Gasteiger partial charge in [0.05, 0.1) is 22.2 Å². The number of aromatic nitrogens is 3. The van der Waals surface area contributed by atoms with Crippen molar-refractivity contribution >= 4 is 28.1 Å². The summed E-state index contributed by atoms with van der Waals surface area (Å²) in [5.74, 6) is -0.208. The molecule has 0 saturated carbocycles. The van der Waals surface area contributed by atoms with Crippen molar-refractivity contribution in [2.24, 2.45) is 0 Å². The van der Waals surface area contributed by atoms with Crippen LogP contribution in [0.25, 0.3) is 10.9 Å². The number of carbonyl (C=O) groups excluding carboxylic acids is 1. The first-order valence-corrected chi connectivity index (χ1v) is 8.17. The minimum atomic E-state index is -0.615. The van der Waals surface area contributed by atoms with Crippen LogP contribution in [0, 0.1) is 0 Å². The highest BCUT2D eigenvalue weighted by Gasteiger charge is 2.17. The van der Waals surface area contributed by atoms with Gasteiger partial charge in [0.1, 0.15) is 6.04 Å². The molecule has 0 aliphatic carbocycles. The van der Waals surface area contributed by atoms with Crippen molar-refractivity contribution in [2.75, 3.05) is 6.54 Å². The molecule has 1 aromatic carbocycles. The molecule has 0 spiro atoms. The predicted octanol–water partition coefficient (Wildman–Crippen LogP) is 1.77. The molecule has 1 N–H and O–H groups in total. The monoisotopic (exact) mass is 328 g/mol. The second-order valence-corrected chi connectivity index (χ2v) is 6.10. The molecule has 1 unspecified atom stereocenters. The fourth-order valence-corrected chi connectivity index (χ4v) is 2.92. The van der Waals surface area contributed by atoms with E-state index in [0.717, 1.165) is 5.01 Å². The Kier molecular flexibility index (Phi) is 4.47. The van der Waals surface area contributed by atoms with Gasteiger partial charge >= 0.3 is 0 Å². The molecular formula is C16H16N4O2S. The fraction of sp³-hybridized carbons (Fsp3) is 0.250. The zero-order valence-corrected chi connectivity index (χ0v) is 13.4. The van der Waals surface area contributed by atoms with E-state index >= 15 is 0 Å². The summed E-state index contributed by atoms with van der Waals surface area (Å²) in [4.78, 5) is 33.1. The van der Waals surface area contributed by atoms with Crippen LogP contribution in [0.1, 0.15) is 18.0 Å². The van der Waals surface area contributed by atoms with E-state index in [-0.39, 0.29) is 11.5 Å². The number of hydrogen-bond acceptors (Lipinski definition) is 5. The summed E-state index contributed by atoms with van der Waals surface area (Å²) in [6.07, 6.45) is 3.85. The van der Waals surface area contributed by atoms with Gasteiger partial charge in [-0.05, 0) is 19.1 Å². The number of carbonyl (C=O) groups is 1. The standard InChI is InChI=1S/C16H16N4O2S/c1-11(15(21)18-7-6-14-17-8-9-23-14)20-10-19-13-5-3-2-4-12(13)16(20)22/h2-5,8-11H,6-7H2,1H3,(H,18,21). The van der Waals surface area contributed by atoms with Crippen LogP contribution in [-0.4, -0.2) is 27.0 Å². The molecule has 0 fully saturated rings. The molecule has 1 atom stereocenters. The number of para-hydroxylation sites is 1. The van der Waals surface area contributed by atoms with Crippen LogP contribution in [0.3, 0.4) is 0 Å². The molecule has 2 aromatic heterocycles. The molecule has 3 aromatic rings. The lowest BCUT2D eigenvalue weighted by molar-refractivity contribution is -0.123. The summed E-state index contributed by atoms with van der Waals surface area (Å²) in [6.45, 7) is 2.18. The summed E-state index contributed by atoms with van der Waals surface area (Å²) in [5.41, 5.74) is 0.420. The fourth-order valence-electron chi connectivity index (χ4n) is 2.30. The Bertz CT molecular complexity index is 873. The Morgan fingerprint density at radius 2 is 2.17 bits per heavy atom. The van der Waals surface area contributed by atoms with Crippen molar-refractivity contribution in [3.8, 4) is 0 Å². The number of thiazole rings is 1. The highest BCUT2D eigenvalue weighted by atomic mass is 32.1. The topological polar surface area (TPSA) is 76.9 Å². The molecule has 2 heterocycles. The number of nitrogens with zero attached hydrogens (tertiary/aromatic N) is 3. The second kappa shape index (κ2) is 6.70. The number of hydrogen-bond donors (Lipinski definition) is 1. The average molecular weight is 328 g/mol. The molecule has 0 saturated heterocycles. The molecule has 0 radical (unpaired) electrons. The summed E-state index contributed by atoms with van der Waals surface area (Å²) in [7, 11) is 0. The molecule has 23 heavy (non-hydrogen) atoms. The Morgan fingerprint density at radius 1 is 1.35 bits per heavy atom. The zero-order chi connectivity index (χ0) is 16.2. The predicted molar refractivity (Wildman–Crippen MR) is 89.5 cm³/mol. The first-order chi connectivity index (χ1) is 11.2. The lowest BCUT2D eigenvalue weighted by Gasteiger charge is -2.15. The van der Waals surface area contributed by atoms with Crippen molar-refractivity contribution in [1.82, 2.24) is 19.9 Å². The average Bonchev–Trinajstić information content (AvgIpc) is 3.08. The van der Waals surface area contributed by atoms with Gasteiger partial charge in [0.25, 0.3) is 5.56 Å². The Labute approximate surface area is 136 Å². The van der Waals surface area contributed by atoms with Gasteiger partial charge in [0.15, 0.2) is 0 Å². The van der Waals surface area contributed by atoms with E-state index in [1.54, 1.807) is 42.7 Å². The maximum absolute atomic E-state index is 12.5. The molecule has 7 heteroatoms. The second-order valence-electron chi connectivity index (χ2n) is 5.12. The van der Waals surface area contributed by atoms with Crippen LogP contribution in [0.4, 0.5) is 0 Å². The molecule has 0 bridgehead atoms. The number of nitrogens with one attached hydrogen (secondary N) is 1. The molecule has 1 amide bonds. The summed E-state index contributed by atoms with van der Waals surface area (Å²) < 4.78 is 1.36. The Hall–Kier alpha value is -2.54. The molecular weight excluding hydrogens is 312 g/mol. The molecule has 3 rings (SSSR count). The van der Waals surface area contributed by atoms with E-state index < -0.39 is 6.04 Å². The Balaban J connectivity index is 1.72. The highest BCUT2D eigenvalue weighted by Crippen LogP contribution is 2.09. The lowest BCUT2D eigenvalue weighted by Crippen LogP contribution is -2.36. The quantitative estimate of drug-likeness (QED) is 0.774.